The molecule has 110 valence electrons. The maximum atomic E-state index is 12.4. The van der Waals surface area contributed by atoms with Gasteiger partial charge in [0.1, 0.15) is 5.76 Å². The third kappa shape index (κ3) is 3.13. The highest BCUT2D eigenvalue weighted by molar-refractivity contribution is 5.95. The molecule has 0 saturated carbocycles. The fourth-order valence-electron chi connectivity index (χ4n) is 2.63. The number of carbonyl (C=O) groups is 1. The minimum atomic E-state index is 0.0739. The van der Waals surface area contributed by atoms with Gasteiger partial charge in [0.2, 0.25) is 0 Å². The Morgan fingerprint density at radius 2 is 1.90 bits per heavy atom. The van der Waals surface area contributed by atoms with Crippen LogP contribution in [0.5, 0.6) is 0 Å². The maximum Gasteiger partial charge on any atom is 0.257 e. The molecule has 0 aliphatic carbocycles. The lowest BCUT2D eigenvalue weighted by Crippen LogP contribution is -2.48. The molecule has 1 saturated heterocycles. The summed E-state index contributed by atoms with van der Waals surface area (Å²) < 4.78 is 5.21. The molecule has 1 aliphatic heterocycles. The predicted molar refractivity (Wildman–Crippen MR) is 78.9 cm³/mol. The van der Waals surface area contributed by atoms with Crippen LogP contribution in [0.25, 0.3) is 0 Å². The Bertz CT molecular complexity index is 601. The van der Waals surface area contributed by atoms with Gasteiger partial charge in [-0.15, -0.1) is 0 Å². The van der Waals surface area contributed by atoms with Crippen molar-refractivity contribution >= 4 is 5.91 Å². The van der Waals surface area contributed by atoms with Gasteiger partial charge in [-0.3, -0.25) is 14.7 Å². The van der Waals surface area contributed by atoms with E-state index in [0.29, 0.717) is 11.3 Å². The van der Waals surface area contributed by atoms with Crippen LogP contribution >= 0.6 is 0 Å². The van der Waals surface area contributed by atoms with E-state index in [4.69, 9.17) is 4.42 Å². The second-order valence-electron chi connectivity index (χ2n) is 5.31. The summed E-state index contributed by atoms with van der Waals surface area (Å²) in [6.07, 6.45) is 5.20. The van der Waals surface area contributed by atoms with Gasteiger partial charge in [-0.25, -0.2) is 0 Å². The van der Waals surface area contributed by atoms with E-state index in [0.717, 1.165) is 32.7 Å². The molecule has 0 atom stereocenters. The number of aryl methyl sites for hydroxylation is 1. The van der Waals surface area contributed by atoms with E-state index in [2.05, 4.69) is 9.88 Å². The topological polar surface area (TPSA) is 49.6 Å². The molecule has 0 radical (unpaired) electrons. The summed E-state index contributed by atoms with van der Waals surface area (Å²) in [5.74, 6) is 0.768. The molecule has 3 heterocycles. The molecule has 3 rings (SSSR count). The highest BCUT2D eigenvalue weighted by Gasteiger charge is 2.23. The molecule has 0 aromatic carbocycles. The van der Waals surface area contributed by atoms with E-state index in [-0.39, 0.29) is 5.91 Å². The van der Waals surface area contributed by atoms with Crippen LogP contribution in [-0.2, 0) is 6.54 Å². The smallest absolute Gasteiger partial charge is 0.257 e. The third-order valence-corrected chi connectivity index (χ3v) is 3.90. The quantitative estimate of drug-likeness (QED) is 0.865. The Morgan fingerprint density at radius 1 is 1.19 bits per heavy atom. The minimum absolute atomic E-state index is 0.0739. The van der Waals surface area contributed by atoms with Crippen molar-refractivity contribution in [3.8, 4) is 0 Å². The SMILES string of the molecule is Cc1occc1C(=O)N1CCN(Cc2ccncc2)CC1. The van der Waals surface area contributed by atoms with E-state index in [9.17, 15) is 4.79 Å². The first-order valence-electron chi connectivity index (χ1n) is 7.18. The van der Waals surface area contributed by atoms with Crippen LogP contribution in [0, 0.1) is 6.92 Å². The lowest BCUT2D eigenvalue weighted by molar-refractivity contribution is 0.0627. The lowest BCUT2D eigenvalue weighted by atomic mass is 10.2. The zero-order valence-electron chi connectivity index (χ0n) is 12.2. The predicted octanol–water partition coefficient (Wildman–Crippen LogP) is 1.94. The summed E-state index contributed by atoms with van der Waals surface area (Å²) in [5.41, 5.74) is 1.94. The molecule has 1 amide bonds. The summed E-state index contributed by atoms with van der Waals surface area (Å²) in [7, 11) is 0. The van der Waals surface area contributed by atoms with Gasteiger partial charge in [0.25, 0.3) is 5.91 Å². The molecule has 5 nitrogen and oxygen atoms in total. The number of piperazine rings is 1. The molecule has 21 heavy (non-hydrogen) atoms. The van der Waals surface area contributed by atoms with Crippen LogP contribution < -0.4 is 0 Å². The van der Waals surface area contributed by atoms with E-state index < -0.39 is 0 Å². The Morgan fingerprint density at radius 3 is 2.52 bits per heavy atom. The molecule has 2 aromatic heterocycles. The number of hydrogen-bond donors (Lipinski definition) is 0. The second-order valence-corrected chi connectivity index (χ2v) is 5.31. The van der Waals surface area contributed by atoms with Crippen molar-refractivity contribution in [1.29, 1.82) is 0 Å². The molecule has 0 bridgehead atoms. The Balaban J connectivity index is 1.56. The largest absolute Gasteiger partial charge is 0.469 e. The number of rotatable bonds is 3. The molecular weight excluding hydrogens is 266 g/mol. The van der Waals surface area contributed by atoms with Gasteiger partial charge in [-0.1, -0.05) is 0 Å². The summed E-state index contributed by atoms with van der Waals surface area (Å²) >= 11 is 0. The van der Waals surface area contributed by atoms with Crippen LogP contribution in [0.1, 0.15) is 21.7 Å². The highest BCUT2D eigenvalue weighted by atomic mass is 16.3. The second kappa shape index (κ2) is 6.10. The van der Waals surface area contributed by atoms with Gasteiger partial charge in [0, 0.05) is 45.1 Å². The summed E-state index contributed by atoms with van der Waals surface area (Å²) in [4.78, 5) is 20.7. The number of hydrogen-bond acceptors (Lipinski definition) is 4. The fraction of sp³-hybridized carbons (Fsp3) is 0.375. The normalized spacial score (nSPS) is 16.1. The van der Waals surface area contributed by atoms with Crippen molar-refractivity contribution in [3.05, 3.63) is 53.7 Å². The Kier molecular flexibility index (Phi) is 4.01. The summed E-state index contributed by atoms with van der Waals surface area (Å²) in [6.45, 7) is 6.04. The van der Waals surface area contributed by atoms with Gasteiger partial charge in [0.15, 0.2) is 0 Å². The minimum Gasteiger partial charge on any atom is -0.469 e. The third-order valence-electron chi connectivity index (χ3n) is 3.90. The number of furan rings is 1. The monoisotopic (exact) mass is 285 g/mol. The maximum absolute atomic E-state index is 12.4. The van der Waals surface area contributed by atoms with Crippen LogP contribution in [0.3, 0.4) is 0 Å². The van der Waals surface area contributed by atoms with E-state index in [1.165, 1.54) is 5.56 Å². The standard InChI is InChI=1S/C16H19N3O2/c1-13-15(4-11-21-13)16(20)19-9-7-18(8-10-19)12-14-2-5-17-6-3-14/h2-6,11H,7-10,12H2,1H3. The van der Waals surface area contributed by atoms with Crippen molar-refractivity contribution in [2.75, 3.05) is 26.2 Å². The Labute approximate surface area is 124 Å². The van der Waals surface area contributed by atoms with Crippen molar-refractivity contribution < 1.29 is 9.21 Å². The van der Waals surface area contributed by atoms with Crippen molar-refractivity contribution in [2.45, 2.75) is 13.5 Å². The number of amides is 1. The summed E-state index contributed by atoms with van der Waals surface area (Å²) in [6, 6.07) is 5.82. The first kappa shape index (κ1) is 13.8. The molecule has 1 fully saturated rings. The highest BCUT2D eigenvalue weighted by Crippen LogP contribution is 2.14. The summed E-state index contributed by atoms with van der Waals surface area (Å²) in [5, 5.41) is 0. The van der Waals surface area contributed by atoms with E-state index in [1.54, 1.807) is 12.3 Å². The number of carbonyl (C=O) groups excluding carboxylic acids is 1. The first-order chi connectivity index (χ1) is 10.2. The van der Waals surface area contributed by atoms with E-state index >= 15 is 0 Å². The average molecular weight is 285 g/mol. The molecule has 0 unspecified atom stereocenters. The molecule has 1 aliphatic rings. The number of nitrogens with zero attached hydrogens (tertiary/aromatic N) is 3. The zero-order chi connectivity index (χ0) is 14.7. The number of pyridine rings is 1. The van der Waals surface area contributed by atoms with Gasteiger partial charge in [-0.2, -0.15) is 0 Å². The Hall–Kier alpha value is -2.14. The molecule has 2 aromatic rings. The molecule has 5 heteroatoms. The first-order valence-corrected chi connectivity index (χ1v) is 7.18. The molecule has 0 spiro atoms. The molecule has 0 N–H and O–H groups in total. The lowest BCUT2D eigenvalue weighted by Gasteiger charge is -2.34. The van der Waals surface area contributed by atoms with Gasteiger partial charge in [-0.05, 0) is 30.7 Å². The molecular formula is C16H19N3O2. The van der Waals surface area contributed by atoms with Crippen molar-refractivity contribution in [1.82, 2.24) is 14.8 Å². The van der Waals surface area contributed by atoms with Gasteiger partial charge in [0.05, 0.1) is 11.8 Å². The van der Waals surface area contributed by atoms with E-state index in [1.807, 2.05) is 36.4 Å². The van der Waals surface area contributed by atoms with Crippen LogP contribution in [0.2, 0.25) is 0 Å². The van der Waals surface area contributed by atoms with Crippen molar-refractivity contribution in [3.63, 3.8) is 0 Å². The average Bonchev–Trinajstić information content (AvgIpc) is 2.94. The van der Waals surface area contributed by atoms with Crippen LogP contribution in [0.15, 0.2) is 41.3 Å². The van der Waals surface area contributed by atoms with Crippen LogP contribution in [-0.4, -0.2) is 46.9 Å². The van der Waals surface area contributed by atoms with Crippen LogP contribution in [0.4, 0.5) is 0 Å². The van der Waals surface area contributed by atoms with Gasteiger partial charge >= 0.3 is 0 Å². The fourth-order valence-corrected chi connectivity index (χ4v) is 2.63. The number of aromatic nitrogens is 1. The van der Waals surface area contributed by atoms with Gasteiger partial charge < -0.3 is 9.32 Å². The zero-order valence-corrected chi connectivity index (χ0v) is 12.2. The van der Waals surface area contributed by atoms with Crippen molar-refractivity contribution in [2.24, 2.45) is 0 Å².